The Balaban J connectivity index is 2.46. The molecule has 0 bridgehead atoms. The van der Waals surface area contributed by atoms with Crippen LogP contribution in [0, 0.1) is 0 Å². The molecule has 7 heteroatoms. The van der Waals surface area contributed by atoms with Crippen molar-refractivity contribution in [2.45, 2.75) is 45.6 Å². The van der Waals surface area contributed by atoms with Gasteiger partial charge in [-0.25, -0.2) is 9.97 Å². The molecule has 0 aromatic carbocycles. The molecule has 1 atom stereocenters. The maximum atomic E-state index is 11.9. The average molecular weight is 311 g/mol. The summed E-state index contributed by atoms with van der Waals surface area (Å²) in [5.41, 5.74) is -0.274. The van der Waals surface area contributed by atoms with Gasteiger partial charge in [0.05, 0.1) is 6.54 Å². The lowest BCUT2D eigenvalue weighted by Gasteiger charge is -2.34. The molecule has 0 saturated carbocycles. The first-order valence-corrected chi connectivity index (χ1v) is 7.25. The van der Waals surface area contributed by atoms with E-state index in [-0.39, 0.29) is 23.8 Å². The predicted octanol–water partition coefficient (Wildman–Crippen LogP) is 1.67. The second-order valence-corrected chi connectivity index (χ2v) is 6.47. The standard InChI is InChI=1S/C14H19ClN4O2/c1-5-8-12(21)18-11(20)7-19(8)10-6-9(15)16-13(17-10)14(2,3)4/h6,8H,5,7H2,1-4H3,(H,18,20,21). The lowest BCUT2D eigenvalue weighted by molar-refractivity contribution is -0.132. The van der Waals surface area contributed by atoms with Gasteiger partial charge in [-0.1, -0.05) is 39.3 Å². The number of piperazine rings is 1. The van der Waals surface area contributed by atoms with Crippen molar-refractivity contribution in [3.8, 4) is 0 Å². The molecule has 0 radical (unpaired) electrons. The van der Waals surface area contributed by atoms with Crippen LogP contribution >= 0.6 is 11.6 Å². The second kappa shape index (κ2) is 5.60. The number of carbonyl (C=O) groups is 2. The molecule has 2 heterocycles. The number of aromatic nitrogens is 2. The fourth-order valence-corrected chi connectivity index (χ4v) is 2.38. The maximum absolute atomic E-state index is 11.9. The lowest BCUT2D eigenvalue weighted by Crippen LogP contribution is -2.58. The third-order valence-corrected chi connectivity index (χ3v) is 3.48. The smallest absolute Gasteiger partial charge is 0.249 e. The minimum absolute atomic E-state index is 0.0845. The molecule has 114 valence electrons. The summed E-state index contributed by atoms with van der Waals surface area (Å²) in [5.74, 6) is 0.450. The van der Waals surface area contributed by atoms with Crippen LogP contribution in [0.2, 0.25) is 5.15 Å². The molecular formula is C14H19ClN4O2. The number of hydrogen-bond acceptors (Lipinski definition) is 5. The highest BCUT2D eigenvalue weighted by molar-refractivity contribution is 6.29. The van der Waals surface area contributed by atoms with Crippen LogP contribution in [0.3, 0.4) is 0 Å². The van der Waals surface area contributed by atoms with Gasteiger partial charge in [0.25, 0.3) is 0 Å². The van der Waals surface area contributed by atoms with Crippen LogP contribution in [0.4, 0.5) is 5.82 Å². The quantitative estimate of drug-likeness (QED) is 0.664. The Morgan fingerprint density at radius 3 is 2.62 bits per heavy atom. The number of carbonyl (C=O) groups excluding carboxylic acids is 2. The summed E-state index contributed by atoms with van der Waals surface area (Å²) in [7, 11) is 0. The van der Waals surface area contributed by atoms with Crippen molar-refractivity contribution >= 4 is 29.2 Å². The summed E-state index contributed by atoms with van der Waals surface area (Å²) in [6, 6.07) is 1.16. The zero-order valence-electron chi connectivity index (χ0n) is 12.6. The van der Waals surface area contributed by atoms with Gasteiger partial charge in [0.15, 0.2) is 0 Å². The Morgan fingerprint density at radius 2 is 2.05 bits per heavy atom. The van der Waals surface area contributed by atoms with Crippen LogP contribution < -0.4 is 10.2 Å². The summed E-state index contributed by atoms with van der Waals surface area (Å²) in [5, 5.41) is 2.65. The van der Waals surface area contributed by atoms with Gasteiger partial charge in [-0.05, 0) is 6.42 Å². The highest BCUT2D eigenvalue weighted by atomic mass is 35.5. The highest BCUT2D eigenvalue weighted by Crippen LogP contribution is 2.26. The zero-order chi connectivity index (χ0) is 15.8. The number of nitrogens with zero attached hydrogens (tertiary/aromatic N) is 3. The van der Waals surface area contributed by atoms with E-state index in [1.807, 2.05) is 27.7 Å². The third kappa shape index (κ3) is 3.32. The van der Waals surface area contributed by atoms with Crippen LogP contribution in [0.1, 0.15) is 39.9 Å². The van der Waals surface area contributed by atoms with Crippen LogP contribution in [0.5, 0.6) is 0 Å². The van der Waals surface area contributed by atoms with Crippen molar-refractivity contribution < 1.29 is 9.59 Å². The van der Waals surface area contributed by atoms with Crippen LogP contribution in [0.25, 0.3) is 0 Å². The number of amides is 2. The zero-order valence-corrected chi connectivity index (χ0v) is 13.4. The molecule has 1 fully saturated rings. The number of nitrogens with one attached hydrogen (secondary N) is 1. The topological polar surface area (TPSA) is 75.2 Å². The molecule has 1 aromatic rings. The van der Waals surface area contributed by atoms with Crippen molar-refractivity contribution in [1.82, 2.24) is 15.3 Å². The Kier molecular flexibility index (Phi) is 4.18. The first-order valence-electron chi connectivity index (χ1n) is 6.87. The SMILES string of the molecule is CCC1C(=O)NC(=O)CN1c1cc(Cl)nc(C(C)(C)C)n1. The molecule has 1 saturated heterocycles. The summed E-state index contributed by atoms with van der Waals surface area (Å²) in [4.78, 5) is 34.0. The van der Waals surface area contributed by atoms with Crippen molar-refractivity contribution in [3.05, 3.63) is 17.0 Å². The number of anilines is 1. The molecule has 1 unspecified atom stereocenters. The molecule has 2 rings (SSSR count). The van der Waals surface area contributed by atoms with E-state index < -0.39 is 6.04 Å². The Bertz CT molecular complexity index is 583. The largest absolute Gasteiger partial charge is 0.335 e. The van der Waals surface area contributed by atoms with Crippen molar-refractivity contribution in [3.63, 3.8) is 0 Å². The molecule has 1 aliphatic rings. The van der Waals surface area contributed by atoms with Gasteiger partial charge < -0.3 is 4.90 Å². The first-order chi connectivity index (χ1) is 9.72. The van der Waals surface area contributed by atoms with E-state index in [0.29, 0.717) is 23.2 Å². The van der Waals surface area contributed by atoms with E-state index in [1.165, 1.54) is 0 Å². The first kappa shape index (κ1) is 15.7. The van der Waals surface area contributed by atoms with Gasteiger partial charge in [-0.3, -0.25) is 14.9 Å². The molecule has 2 amide bonds. The van der Waals surface area contributed by atoms with Gasteiger partial charge in [-0.15, -0.1) is 0 Å². The van der Waals surface area contributed by atoms with Crippen LogP contribution in [-0.2, 0) is 15.0 Å². The fourth-order valence-electron chi connectivity index (χ4n) is 2.20. The molecule has 0 aliphatic carbocycles. The van der Waals surface area contributed by atoms with Gasteiger partial charge in [-0.2, -0.15) is 0 Å². The van der Waals surface area contributed by atoms with E-state index >= 15 is 0 Å². The lowest BCUT2D eigenvalue weighted by atomic mass is 9.96. The number of hydrogen-bond donors (Lipinski definition) is 1. The minimum Gasteiger partial charge on any atom is -0.335 e. The Hall–Kier alpha value is -1.69. The second-order valence-electron chi connectivity index (χ2n) is 6.09. The number of halogens is 1. The van der Waals surface area contributed by atoms with Gasteiger partial charge in [0.2, 0.25) is 11.8 Å². The van der Waals surface area contributed by atoms with Gasteiger partial charge in [0.1, 0.15) is 22.8 Å². The predicted molar refractivity (Wildman–Crippen MR) is 80.3 cm³/mol. The minimum atomic E-state index is -0.429. The normalized spacial score (nSPS) is 19.7. The maximum Gasteiger partial charge on any atom is 0.249 e. The van der Waals surface area contributed by atoms with Gasteiger partial charge >= 0.3 is 0 Å². The summed E-state index contributed by atoms with van der Waals surface area (Å²) in [6.45, 7) is 7.91. The fraction of sp³-hybridized carbons (Fsp3) is 0.571. The summed E-state index contributed by atoms with van der Waals surface area (Å²) in [6.07, 6.45) is 0.575. The number of imide groups is 1. The molecular weight excluding hydrogens is 292 g/mol. The van der Waals surface area contributed by atoms with Crippen molar-refractivity contribution in [2.24, 2.45) is 0 Å². The molecule has 1 N–H and O–H groups in total. The average Bonchev–Trinajstić information content (AvgIpc) is 2.36. The van der Waals surface area contributed by atoms with Crippen LogP contribution in [-0.4, -0.2) is 34.4 Å². The molecule has 1 aromatic heterocycles. The van der Waals surface area contributed by atoms with Crippen molar-refractivity contribution in [2.75, 3.05) is 11.4 Å². The molecule has 6 nitrogen and oxygen atoms in total. The Labute approximate surface area is 128 Å². The molecule has 0 spiro atoms. The van der Waals surface area contributed by atoms with E-state index in [0.717, 1.165) is 0 Å². The van der Waals surface area contributed by atoms with E-state index in [1.54, 1.807) is 11.0 Å². The van der Waals surface area contributed by atoms with Gasteiger partial charge in [0, 0.05) is 11.5 Å². The monoisotopic (exact) mass is 310 g/mol. The van der Waals surface area contributed by atoms with E-state index in [9.17, 15) is 9.59 Å². The van der Waals surface area contributed by atoms with Crippen molar-refractivity contribution in [1.29, 1.82) is 0 Å². The highest BCUT2D eigenvalue weighted by Gasteiger charge is 2.34. The number of rotatable bonds is 2. The molecule has 21 heavy (non-hydrogen) atoms. The Morgan fingerprint density at radius 1 is 1.38 bits per heavy atom. The summed E-state index contributed by atoms with van der Waals surface area (Å²) >= 11 is 6.08. The third-order valence-electron chi connectivity index (χ3n) is 3.29. The molecule has 1 aliphatic heterocycles. The summed E-state index contributed by atoms with van der Waals surface area (Å²) < 4.78 is 0. The van der Waals surface area contributed by atoms with Crippen LogP contribution in [0.15, 0.2) is 6.07 Å². The van der Waals surface area contributed by atoms with E-state index in [2.05, 4.69) is 15.3 Å². The van der Waals surface area contributed by atoms with E-state index in [4.69, 9.17) is 11.6 Å².